The van der Waals surface area contributed by atoms with Gasteiger partial charge in [0.25, 0.3) is 5.91 Å². The summed E-state index contributed by atoms with van der Waals surface area (Å²) < 4.78 is 31.3. The number of fused-ring (bicyclic) bond motifs is 1. The Balaban J connectivity index is 1.86. The minimum absolute atomic E-state index is 0.182. The number of ether oxygens (including phenoxy) is 1. The number of hydrogen-bond donors (Lipinski definition) is 1. The molecule has 0 radical (unpaired) electrons. The topological polar surface area (TPSA) is 75.7 Å². The Kier molecular flexibility index (Phi) is 4.67. The lowest BCUT2D eigenvalue weighted by atomic mass is 10.2. The summed E-state index contributed by atoms with van der Waals surface area (Å²) in [5, 5.41) is 2.86. The van der Waals surface area contributed by atoms with Crippen LogP contribution in [-0.2, 0) is 14.8 Å². The fourth-order valence-corrected chi connectivity index (χ4v) is 3.73. The van der Waals surface area contributed by atoms with E-state index in [1.54, 1.807) is 24.3 Å². The van der Waals surface area contributed by atoms with Gasteiger partial charge in [-0.25, -0.2) is 8.42 Å². The van der Waals surface area contributed by atoms with Crippen molar-refractivity contribution in [3.05, 3.63) is 54.1 Å². The summed E-state index contributed by atoms with van der Waals surface area (Å²) in [4.78, 5) is 12.6. The van der Waals surface area contributed by atoms with Crippen LogP contribution in [0.5, 0.6) is 5.75 Å². The van der Waals surface area contributed by atoms with Crippen LogP contribution in [0, 0.1) is 6.92 Å². The van der Waals surface area contributed by atoms with Gasteiger partial charge in [0.2, 0.25) is 10.0 Å². The molecule has 0 bridgehead atoms. The highest BCUT2D eigenvalue weighted by Gasteiger charge is 2.31. The van der Waals surface area contributed by atoms with Gasteiger partial charge in [-0.05, 0) is 30.7 Å². The van der Waals surface area contributed by atoms with Gasteiger partial charge in [0, 0.05) is 18.7 Å². The molecule has 3 rings (SSSR count). The minimum Gasteiger partial charge on any atom is -0.478 e. The molecule has 6 nitrogen and oxygen atoms in total. The van der Waals surface area contributed by atoms with Crippen LogP contribution in [0.4, 0.5) is 11.4 Å². The fourth-order valence-electron chi connectivity index (χ4n) is 2.79. The number of sulfonamides is 1. The van der Waals surface area contributed by atoms with Crippen molar-refractivity contribution in [2.75, 3.05) is 22.4 Å². The highest BCUT2D eigenvalue weighted by atomic mass is 32.2. The second kappa shape index (κ2) is 6.76. The average Bonchev–Trinajstić information content (AvgIpc) is 2.76. The largest absolute Gasteiger partial charge is 0.478 e. The van der Waals surface area contributed by atoms with Crippen LogP contribution in [0.2, 0.25) is 0 Å². The van der Waals surface area contributed by atoms with Gasteiger partial charge in [0.1, 0.15) is 5.75 Å². The molecule has 0 saturated heterocycles. The molecule has 1 amide bonds. The minimum atomic E-state index is -3.46. The molecular weight excluding hydrogens is 340 g/mol. The molecule has 0 fully saturated rings. The summed E-state index contributed by atoms with van der Waals surface area (Å²) in [6.07, 6.45) is 0.643. The molecule has 132 valence electrons. The van der Waals surface area contributed by atoms with E-state index in [2.05, 4.69) is 5.32 Å². The molecule has 1 N–H and O–H groups in total. The lowest BCUT2D eigenvalue weighted by Gasteiger charge is -2.20. The third kappa shape index (κ3) is 3.76. The average molecular weight is 360 g/mol. The van der Waals surface area contributed by atoms with Crippen LogP contribution in [0.25, 0.3) is 0 Å². The predicted octanol–water partition coefficient (Wildman–Crippen LogP) is 2.55. The Bertz CT molecular complexity index is 895. The number of aryl methyl sites for hydroxylation is 1. The van der Waals surface area contributed by atoms with E-state index in [1.165, 1.54) is 4.31 Å². The van der Waals surface area contributed by atoms with Crippen LogP contribution in [0.3, 0.4) is 0 Å². The summed E-state index contributed by atoms with van der Waals surface area (Å²) in [5.74, 6) is 0.0924. The number of para-hydroxylation sites is 3. The third-order valence-corrected chi connectivity index (χ3v) is 5.27. The Morgan fingerprint density at radius 1 is 1.16 bits per heavy atom. The quantitative estimate of drug-likeness (QED) is 0.913. The van der Waals surface area contributed by atoms with Gasteiger partial charge in [-0.15, -0.1) is 0 Å². The SMILES string of the molecule is Cc1ccccc1NC(=O)[C@H]1CCN(S(C)(=O)=O)c2ccccc2O1. The Hall–Kier alpha value is -2.54. The monoisotopic (exact) mass is 360 g/mol. The molecule has 2 aromatic rings. The maximum atomic E-state index is 12.6. The first-order valence-electron chi connectivity index (χ1n) is 7.96. The first-order valence-corrected chi connectivity index (χ1v) is 9.81. The zero-order chi connectivity index (χ0) is 18.0. The van der Waals surface area contributed by atoms with Crippen LogP contribution in [0.15, 0.2) is 48.5 Å². The van der Waals surface area contributed by atoms with Crippen molar-refractivity contribution in [2.45, 2.75) is 19.4 Å². The molecule has 1 aliphatic rings. The third-order valence-electron chi connectivity index (χ3n) is 4.09. The van der Waals surface area contributed by atoms with Crippen molar-refractivity contribution >= 4 is 27.3 Å². The highest BCUT2D eigenvalue weighted by Crippen LogP contribution is 2.34. The van der Waals surface area contributed by atoms with Gasteiger partial charge in [-0.3, -0.25) is 9.10 Å². The molecule has 0 saturated carbocycles. The van der Waals surface area contributed by atoms with E-state index in [-0.39, 0.29) is 18.9 Å². The van der Waals surface area contributed by atoms with Crippen molar-refractivity contribution in [3.8, 4) is 5.75 Å². The molecule has 7 heteroatoms. The zero-order valence-electron chi connectivity index (χ0n) is 14.1. The summed E-state index contributed by atoms with van der Waals surface area (Å²) in [6.45, 7) is 2.09. The van der Waals surface area contributed by atoms with Crippen molar-refractivity contribution in [1.29, 1.82) is 0 Å². The number of nitrogens with zero attached hydrogens (tertiary/aromatic N) is 1. The molecule has 1 heterocycles. The summed E-state index contributed by atoms with van der Waals surface area (Å²) in [5.41, 5.74) is 2.12. The smallest absolute Gasteiger partial charge is 0.265 e. The summed E-state index contributed by atoms with van der Waals surface area (Å²) in [7, 11) is -3.46. The van der Waals surface area contributed by atoms with Gasteiger partial charge in [0.05, 0.1) is 11.9 Å². The van der Waals surface area contributed by atoms with Crippen molar-refractivity contribution < 1.29 is 17.9 Å². The second-order valence-electron chi connectivity index (χ2n) is 6.00. The van der Waals surface area contributed by atoms with Crippen LogP contribution >= 0.6 is 0 Å². The van der Waals surface area contributed by atoms with Crippen molar-refractivity contribution in [2.24, 2.45) is 0 Å². The number of hydrogen-bond acceptors (Lipinski definition) is 4. The van der Waals surface area contributed by atoms with Crippen LogP contribution in [0.1, 0.15) is 12.0 Å². The van der Waals surface area contributed by atoms with Gasteiger partial charge < -0.3 is 10.1 Å². The molecule has 0 unspecified atom stereocenters. The lowest BCUT2D eigenvalue weighted by molar-refractivity contribution is -0.122. The van der Waals surface area contributed by atoms with Crippen molar-refractivity contribution in [1.82, 2.24) is 0 Å². The molecule has 2 aromatic carbocycles. The molecule has 0 aromatic heterocycles. The highest BCUT2D eigenvalue weighted by molar-refractivity contribution is 7.92. The number of nitrogens with one attached hydrogen (secondary N) is 1. The molecular formula is C18H20N2O4S. The lowest BCUT2D eigenvalue weighted by Crippen LogP contribution is -2.36. The van der Waals surface area contributed by atoms with Crippen molar-refractivity contribution in [3.63, 3.8) is 0 Å². The number of carbonyl (C=O) groups is 1. The van der Waals surface area contributed by atoms with E-state index in [9.17, 15) is 13.2 Å². The van der Waals surface area contributed by atoms with E-state index in [0.29, 0.717) is 17.1 Å². The van der Waals surface area contributed by atoms with E-state index in [0.717, 1.165) is 11.8 Å². The normalized spacial score (nSPS) is 17.2. The Morgan fingerprint density at radius 3 is 2.56 bits per heavy atom. The van der Waals surface area contributed by atoms with E-state index in [1.807, 2.05) is 31.2 Å². The van der Waals surface area contributed by atoms with Crippen LogP contribution < -0.4 is 14.4 Å². The van der Waals surface area contributed by atoms with E-state index >= 15 is 0 Å². The maximum absolute atomic E-state index is 12.6. The number of rotatable bonds is 3. The molecule has 0 spiro atoms. The van der Waals surface area contributed by atoms with Gasteiger partial charge >= 0.3 is 0 Å². The molecule has 0 aliphatic carbocycles. The number of benzene rings is 2. The van der Waals surface area contributed by atoms with Crippen LogP contribution in [-0.4, -0.2) is 33.2 Å². The summed E-state index contributed by atoms with van der Waals surface area (Å²) in [6, 6.07) is 14.3. The first-order chi connectivity index (χ1) is 11.9. The number of carbonyl (C=O) groups excluding carboxylic acids is 1. The standard InChI is InChI=1S/C18H20N2O4S/c1-13-7-3-4-8-14(13)19-18(21)17-11-12-20(25(2,22)23)15-9-5-6-10-16(15)24-17/h3-10,17H,11-12H2,1-2H3,(H,19,21)/t17-/m1/s1. The zero-order valence-corrected chi connectivity index (χ0v) is 14.9. The summed E-state index contributed by atoms with van der Waals surface area (Å²) >= 11 is 0. The predicted molar refractivity (Wildman–Crippen MR) is 97.5 cm³/mol. The Labute approximate surface area is 147 Å². The molecule has 1 atom stereocenters. The Morgan fingerprint density at radius 2 is 1.84 bits per heavy atom. The number of anilines is 2. The van der Waals surface area contributed by atoms with E-state index < -0.39 is 16.1 Å². The van der Waals surface area contributed by atoms with Gasteiger partial charge in [-0.2, -0.15) is 0 Å². The second-order valence-corrected chi connectivity index (χ2v) is 7.91. The van der Waals surface area contributed by atoms with Gasteiger partial charge in [0.15, 0.2) is 6.10 Å². The molecule has 25 heavy (non-hydrogen) atoms. The first kappa shape index (κ1) is 17.3. The van der Waals surface area contributed by atoms with E-state index in [4.69, 9.17) is 4.74 Å². The number of amides is 1. The molecule has 1 aliphatic heterocycles. The van der Waals surface area contributed by atoms with Gasteiger partial charge in [-0.1, -0.05) is 30.3 Å². The fraction of sp³-hybridized carbons (Fsp3) is 0.278. The maximum Gasteiger partial charge on any atom is 0.265 e.